The Morgan fingerprint density at radius 3 is 2.67 bits per heavy atom. The number of carbonyl (C=O) groups excluding carboxylic acids is 1. The van der Waals surface area contributed by atoms with Gasteiger partial charge in [0.2, 0.25) is 5.91 Å². The summed E-state index contributed by atoms with van der Waals surface area (Å²) in [6.07, 6.45) is 7.50. The van der Waals surface area contributed by atoms with Crippen molar-refractivity contribution >= 4 is 11.6 Å². The Hall–Kier alpha value is -1.62. The molecule has 1 aromatic heterocycles. The van der Waals surface area contributed by atoms with Crippen LogP contribution in [0.15, 0.2) is 24.5 Å². The first-order valence-corrected chi connectivity index (χ1v) is 7.94. The second-order valence-corrected chi connectivity index (χ2v) is 5.52. The molecule has 5 nitrogen and oxygen atoms in total. The summed E-state index contributed by atoms with van der Waals surface area (Å²) < 4.78 is 0. The highest BCUT2D eigenvalue weighted by Gasteiger charge is 2.18. The number of amides is 1. The molecule has 1 fully saturated rings. The maximum atomic E-state index is 11.5. The van der Waals surface area contributed by atoms with Gasteiger partial charge < -0.3 is 15.5 Å². The van der Waals surface area contributed by atoms with Crippen LogP contribution in [0.5, 0.6) is 0 Å². The molecule has 1 amide bonds. The lowest BCUT2D eigenvalue weighted by Crippen LogP contribution is -2.43. The number of pyridine rings is 1. The second kappa shape index (κ2) is 8.62. The van der Waals surface area contributed by atoms with Gasteiger partial charge in [-0.05, 0) is 31.4 Å². The summed E-state index contributed by atoms with van der Waals surface area (Å²) in [7, 11) is 0. The van der Waals surface area contributed by atoms with Gasteiger partial charge in [0, 0.05) is 56.7 Å². The number of carbonyl (C=O) groups is 1. The van der Waals surface area contributed by atoms with E-state index in [4.69, 9.17) is 0 Å². The molecule has 0 saturated carbocycles. The highest BCUT2D eigenvalue weighted by molar-refractivity contribution is 5.75. The zero-order chi connectivity index (χ0) is 14.9. The molecule has 2 rings (SSSR count). The standard InChI is InChI=1S/C16H26N4O/c1-2-8-19-16(21)5-11-18-14-6-12-20(13-7-14)15-3-9-17-10-4-15/h3-4,9-10,14,18H,2,5-8,11-13H2,1H3,(H,19,21). The van der Waals surface area contributed by atoms with E-state index in [0.29, 0.717) is 12.5 Å². The molecular formula is C16H26N4O. The SMILES string of the molecule is CCCNC(=O)CCNC1CCN(c2ccncc2)CC1. The number of hydrogen-bond donors (Lipinski definition) is 2. The maximum Gasteiger partial charge on any atom is 0.221 e. The summed E-state index contributed by atoms with van der Waals surface area (Å²) in [4.78, 5) is 18.0. The lowest BCUT2D eigenvalue weighted by Gasteiger charge is -2.34. The number of hydrogen-bond acceptors (Lipinski definition) is 4. The van der Waals surface area contributed by atoms with E-state index >= 15 is 0 Å². The van der Waals surface area contributed by atoms with Crippen molar-refractivity contribution in [2.45, 2.75) is 38.6 Å². The highest BCUT2D eigenvalue weighted by Crippen LogP contribution is 2.18. The quantitative estimate of drug-likeness (QED) is 0.800. The minimum Gasteiger partial charge on any atom is -0.371 e. The van der Waals surface area contributed by atoms with E-state index in [1.165, 1.54) is 5.69 Å². The van der Waals surface area contributed by atoms with E-state index in [0.717, 1.165) is 45.4 Å². The van der Waals surface area contributed by atoms with E-state index in [1.54, 1.807) is 0 Å². The van der Waals surface area contributed by atoms with E-state index in [1.807, 2.05) is 12.4 Å². The molecule has 2 N–H and O–H groups in total. The summed E-state index contributed by atoms with van der Waals surface area (Å²) in [6, 6.07) is 4.65. The molecular weight excluding hydrogens is 264 g/mol. The Labute approximate surface area is 127 Å². The van der Waals surface area contributed by atoms with Crippen LogP contribution in [-0.2, 0) is 4.79 Å². The topological polar surface area (TPSA) is 57.3 Å². The first kappa shape index (κ1) is 15.8. The normalized spacial score (nSPS) is 16.0. The third-order valence-electron chi connectivity index (χ3n) is 3.88. The fourth-order valence-electron chi connectivity index (χ4n) is 2.64. The first-order chi connectivity index (χ1) is 10.3. The van der Waals surface area contributed by atoms with Crippen molar-refractivity contribution in [3.63, 3.8) is 0 Å². The molecule has 0 radical (unpaired) electrons. The molecule has 21 heavy (non-hydrogen) atoms. The summed E-state index contributed by atoms with van der Waals surface area (Å²) in [5.74, 6) is 0.151. The van der Waals surface area contributed by atoms with Crippen molar-refractivity contribution in [2.24, 2.45) is 0 Å². The van der Waals surface area contributed by atoms with E-state index in [2.05, 4.69) is 39.6 Å². The van der Waals surface area contributed by atoms with E-state index < -0.39 is 0 Å². The summed E-state index contributed by atoms with van der Waals surface area (Å²) in [5, 5.41) is 6.41. The van der Waals surface area contributed by atoms with Gasteiger partial charge >= 0.3 is 0 Å². The second-order valence-electron chi connectivity index (χ2n) is 5.52. The fourth-order valence-corrected chi connectivity index (χ4v) is 2.64. The van der Waals surface area contributed by atoms with Gasteiger partial charge in [-0.25, -0.2) is 0 Å². The number of anilines is 1. The Bertz CT molecular complexity index is 416. The zero-order valence-corrected chi connectivity index (χ0v) is 12.8. The third-order valence-corrected chi connectivity index (χ3v) is 3.88. The van der Waals surface area contributed by atoms with Crippen LogP contribution in [0.25, 0.3) is 0 Å². The number of nitrogens with one attached hydrogen (secondary N) is 2. The van der Waals surface area contributed by atoms with Crippen LogP contribution in [-0.4, -0.2) is 43.1 Å². The average molecular weight is 290 g/mol. The molecule has 0 spiro atoms. The molecule has 0 unspecified atom stereocenters. The van der Waals surface area contributed by atoms with Gasteiger partial charge in [-0.3, -0.25) is 9.78 Å². The maximum absolute atomic E-state index is 11.5. The summed E-state index contributed by atoms with van der Waals surface area (Å²) >= 11 is 0. The van der Waals surface area contributed by atoms with Crippen LogP contribution >= 0.6 is 0 Å². The van der Waals surface area contributed by atoms with Crippen LogP contribution in [0.2, 0.25) is 0 Å². The predicted octanol–water partition coefficient (Wildman–Crippen LogP) is 1.56. The molecule has 0 atom stereocenters. The molecule has 0 aromatic carbocycles. The molecule has 1 aromatic rings. The monoisotopic (exact) mass is 290 g/mol. The van der Waals surface area contributed by atoms with Crippen molar-refractivity contribution in [1.82, 2.24) is 15.6 Å². The molecule has 1 aliphatic heterocycles. The van der Waals surface area contributed by atoms with Crippen molar-refractivity contribution in [3.8, 4) is 0 Å². The molecule has 1 aliphatic rings. The molecule has 2 heterocycles. The fraction of sp³-hybridized carbons (Fsp3) is 0.625. The number of aromatic nitrogens is 1. The number of piperidine rings is 1. The molecule has 0 aliphatic carbocycles. The van der Waals surface area contributed by atoms with Crippen LogP contribution in [0, 0.1) is 0 Å². The molecule has 0 bridgehead atoms. The first-order valence-electron chi connectivity index (χ1n) is 7.94. The van der Waals surface area contributed by atoms with Crippen molar-refractivity contribution in [2.75, 3.05) is 31.1 Å². The summed E-state index contributed by atoms with van der Waals surface area (Å²) in [5.41, 5.74) is 1.25. The van der Waals surface area contributed by atoms with Gasteiger partial charge in [0.1, 0.15) is 0 Å². The van der Waals surface area contributed by atoms with Crippen molar-refractivity contribution < 1.29 is 4.79 Å². The van der Waals surface area contributed by atoms with Crippen LogP contribution in [0.1, 0.15) is 32.6 Å². The van der Waals surface area contributed by atoms with Crippen molar-refractivity contribution in [3.05, 3.63) is 24.5 Å². The molecule has 116 valence electrons. The average Bonchev–Trinajstić information content (AvgIpc) is 2.54. The van der Waals surface area contributed by atoms with Crippen LogP contribution < -0.4 is 15.5 Å². The van der Waals surface area contributed by atoms with Gasteiger partial charge in [0.15, 0.2) is 0 Å². The Morgan fingerprint density at radius 1 is 1.29 bits per heavy atom. The largest absolute Gasteiger partial charge is 0.371 e. The Kier molecular flexibility index (Phi) is 6.47. The van der Waals surface area contributed by atoms with Crippen molar-refractivity contribution in [1.29, 1.82) is 0 Å². The smallest absolute Gasteiger partial charge is 0.221 e. The lowest BCUT2D eigenvalue weighted by molar-refractivity contribution is -0.121. The third kappa shape index (κ3) is 5.34. The Morgan fingerprint density at radius 2 is 2.00 bits per heavy atom. The Balaban J connectivity index is 1.62. The zero-order valence-electron chi connectivity index (χ0n) is 12.8. The molecule has 1 saturated heterocycles. The molecule has 5 heteroatoms. The van der Waals surface area contributed by atoms with Crippen LogP contribution in [0.4, 0.5) is 5.69 Å². The summed E-state index contributed by atoms with van der Waals surface area (Å²) in [6.45, 7) is 5.74. The van der Waals surface area contributed by atoms with Gasteiger partial charge in [0.05, 0.1) is 0 Å². The van der Waals surface area contributed by atoms with Crippen LogP contribution in [0.3, 0.4) is 0 Å². The van der Waals surface area contributed by atoms with E-state index in [9.17, 15) is 4.79 Å². The lowest BCUT2D eigenvalue weighted by atomic mass is 10.0. The van der Waals surface area contributed by atoms with E-state index in [-0.39, 0.29) is 5.91 Å². The minimum atomic E-state index is 0.151. The number of nitrogens with zero attached hydrogens (tertiary/aromatic N) is 2. The van der Waals surface area contributed by atoms with Gasteiger partial charge in [-0.1, -0.05) is 6.92 Å². The van der Waals surface area contributed by atoms with Gasteiger partial charge in [0.25, 0.3) is 0 Å². The van der Waals surface area contributed by atoms with Gasteiger partial charge in [-0.2, -0.15) is 0 Å². The highest BCUT2D eigenvalue weighted by atomic mass is 16.1. The predicted molar refractivity (Wildman–Crippen MR) is 85.4 cm³/mol. The van der Waals surface area contributed by atoms with Gasteiger partial charge in [-0.15, -0.1) is 0 Å². The minimum absolute atomic E-state index is 0.151. The number of rotatable bonds is 7.